The van der Waals surface area contributed by atoms with Crippen LogP contribution in [0.1, 0.15) is 10.5 Å². The highest BCUT2D eigenvalue weighted by atomic mass is 16.6. The number of anilines is 1. The normalized spacial score (nSPS) is 10.2. The molecule has 0 aliphatic carbocycles. The molecule has 9 nitrogen and oxygen atoms in total. The van der Waals surface area contributed by atoms with Crippen LogP contribution in [0.5, 0.6) is 0 Å². The van der Waals surface area contributed by atoms with Crippen molar-refractivity contribution in [3.8, 4) is 0 Å². The second kappa shape index (κ2) is 5.78. The minimum absolute atomic E-state index is 0.0418. The van der Waals surface area contributed by atoms with Crippen LogP contribution in [0.2, 0.25) is 0 Å². The Kier molecular flexibility index (Phi) is 3.89. The summed E-state index contributed by atoms with van der Waals surface area (Å²) in [5.74, 6) is -1.10. The molecule has 2 aromatic rings. The number of nitrogens with one attached hydrogen (secondary N) is 1. The van der Waals surface area contributed by atoms with E-state index in [2.05, 4.69) is 15.3 Å². The van der Waals surface area contributed by atoms with Crippen molar-refractivity contribution in [2.45, 2.75) is 6.54 Å². The van der Waals surface area contributed by atoms with Gasteiger partial charge in [0.05, 0.1) is 11.3 Å². The van der Waals surface area contributed by atoms with Crippen molar-refractivity contribution in [1.82, 2.24) is 14.5 Å². The molecule has 2 heterocycles. The van der Waals surface area contributed by atoms with Gasteiger partial charge in [0.1, 0.15) is 11.9 Å². The number of imidazole rings is 1. The molecule has 2 aromatic heterocycles. The molecule has 0 aliphatic rings. The SMILES string of the molecule is O=C(O)c1cn(CCNc2ccncc2[N+](=O)[O-])cn1. The van der Waals surface area contributed by atoms with Gasteiger partial charge in [0.25, 0.3) is 0 Å². The van der Waals surface area contributed by atoms with Gasteiger partial charge in [-0.1, -0.05) is 0 Å². The van der Waals surface area contributed by atoms with Crippen molar-refractivity contribution in [2.24, 2.45) is 0 Å². The van der Waals surface area contributed by atoms with E-state index in [0.717, 1.165) is 0 Å². The zero-order valence-corrected chi connectivity index (χ0v) is 10.3. The van der Waals surface area contributed by atoms with E-state index in [0.29, 0.717) is 18.8 Å². The Labute approximate surface area is 113 Å². The van der Waals surface area contributed by atoms with E-state index < -0.39 is 10.9 Å². The standard InChI is InChI=1S/C11H11N5O4/c17-11(18)9-6-15(7-14-9)4-3-13-8-1-2-12-5-10(8)16(19)20/h1-2,5-7H,3-4H2,(H,12,13)(H,17,18). The minimum Gasteiger partial charge on any atom is -0.476 e. The predicted molar refractivity (Wildman–Crippen MR) is 68.6 cm³/mol. The molecule has 9 heteroatoms. The molecule has 2 rings (SSSR count). The lowest BCUT2D eigenvalue weighted by atomic mass is 10.3. The quantitative estimate of drug-likeness (QED) is 0.596. The van der Waals surface area contributed by atoms with Crippen LogP contribution in [0, 0.1) is 10.1 Å². The fraction of sp³-hybridized carbons (Fsp3) is 0.182. The van der Waals surface area contributed by atoms with Gasteiger partial charge < -0.3 is 15.0 Å². The monoisotopic (exact) mass is 277 g/mol. The van der Waals surface area contributed by atoms with Gasteiger partial charge in [-0.25, -0.2) is 9.78 Å². The van der Waals surface area contributed by atoms with Crippen molar-refractivity contribution in [3.63, 3.8) is 0 Å². The van der Waals surface area contributed by atoms with E-state index in [-0.39, 0.29) is 11.4 Å². The first-order chi connectivity index (χ1) is 9.58. The summed E-state index contributed by atoms with van der Waals surface area (Å²) in [6.45, 7) is 0.819. The first kappa shape index (κ1) is 13.5. The van der Waals surface area contributed by atoms with E-state index in [1.807, 2.05) is 0 Å². The maximum atomic E-state index is 10.8. The minimum atomic E-state index is -1.10. The summed E-state index contributed by atoms with van der Waals surface area (Å²) in [6.07, 6.45) is 5.41. The van der Waals surface area contributed by atoms with Gasteiger partial charge >= 0.3 is 11.7 Å². The van der Waals surface area contributed by atoms with Crippen molar-refractivity contribution >= 4 is 17.3 Å². The van der Waals surface area contributed by atoms with Gasteiger partial charge in [0.2, 0.25) is 0 Å². The molecule has 0 atom stereocenters. The van der Waals surface area contributed by atoms with Crippen LogP contribution in [0.4, 0.5) is 11.4 Å². The fourth-order valence-corrected chi connectivity index (χ4v) is 1.59. The Morgan fingerprint density at radius 2 is 2.35 bits per heavy atom. The van der Waals surface area contributed by atoms with Gasteiger partial charge in [0.15, 0.2) is 5.69 Å². The molecule has 20 heavy (non-hydrogen) atoms. The van der Waals surface area contributed by atoms with Crippen LogP contribution in [-0.2, 0) is 6.54 Å². The highest BCUT2D eigenvalue weighted by Crippen LogP contribution is 2.21. The number of nitrogens with zero attached hydrogens (tertiary/aromatic N) is 4. The van der Waals surface area contributed by atoms with E-state index in [1.165, 1.54) is 31.0 Å². The number of hydrogen-bond acceptors (Lipinski definition) is 6. The molecule has 0 unspecified atom stereocenters. The predicted octanol–water partition coefficient (Wildman–Crippen LogP) is 0.997. The summed E-state index contributed by atoms with van der Waals surface area (Å²) >= 11 is 0. The van der Waals surface area contributed by atoms with Crippen LogP contribution >= 0.6 is 0 Å². The third-order valence-electron chi connectivity index (χ3n) is 2.53. The number of aromatic carboxylic acids is 1. The van der Waals surface area contributed by atoms with Gasteiger partial charge in [0, 0.05) is 25.5 Å². The number of carboxylic acids is 1. The van der Waals surface area contributed by atoms with Crippen LogP contribution in [0.25, 0.3) is 0 Å². The molecule has 2 N–H and O–H groups in total. The highest BCUT2D eigenvalue weighted by molar-refractivity contribution is 5.84. The molecule has 0 amide bonds. The summed E-state index contributed by atoms with van der Waals surface area (Å²) in [4.78, 5) is 28.3. The van der Waals surface area contributed by atoms with E-state index in [1.54, 1.807) is 4.57 Å². The first-order valence-corrected chi connectivity index (χ1v) is 5.65. The van der Waals surface area contributed by atoms with Gasteiger partial charge in [-0.15, -0.1) is 0 Å². The summed E-state index contributed by atoms with van der Waals surface area (Å²) < 4.78 is 1.59. The van der Waals surface area contributed by atoms with Gasteiger partial charge in [-0.05, 0) is 6.07 Å². The first-order valence-electron chi connectivity index (χ1n) is 5.65. The van der Waals surface area contributed by atoms with Crippen molar-refractivity contribution < 1.29 is 14.8 Å². The summed E-state index contributed by atoms with van der Waals surface area (Å²) in [5.41, 5.74) is 0.216. The summed E-state index contributed by atoms with van der Waals surface area (Å²) in [7, 11) is 0. The number of carboxylic acid groups (broad SMARTS) is 1. The molecule has 0 saturated heterocycles. The molecule has 0 spiro atoms. The van der Waals surface area contributed by atoms with E-state index >= 15 is 0 Å². The molecule has 0 radical (unpaired) electrons. The molecule has 0 fully saturated rings. The third kappa shape index (κ3) is 3.07. The average Bonchev–Trinajstić information content (AvgIpc) is 2.88. The topological polar surface area (TPSA) is 123 Å². The molecular weight excluding hydrogens is 266 g/mol. The maximum absolute atomic E-state index is 10.8. The molecule has 0 aliphatic heterocycles. The molecule has 104 valence electrons. The molecule has 0 aromatic carbocycles. The van der Waals surface area contributed by atoms with Crippen LogP contribution < -0.4 is 5.32 Å². The summed E-state index contributed by atoms with van der Waals surface area (Å²) in [5, 5.41) is 22.4. The second-order valence-corrected chi connectivity index (χ2v) is 3.88. The molecular formula is C11H11N5O4. The summed E-state index contributed by atoms with van der Waals surface area (Å²) in [6, 6.07) is 1.51. The van der Waals surface area contributed by atoms with Crippen molar-refractivity contribution in [2.75, 3.05) is 11.9 Å². The Morgan fingerprint density at radius 1 is 1.55 bits per heavy atom. The lowest BCUT2D eigenvalue weighted by Crippen LogP contribution is -2.10. The lowest BCUT2D eigenvalue weighted by molar-refractivity contribution is -0.384. The van der Waals surface area contributed by atoms with Gasteiger partial charge in [-0.2, -0.15) is 0 Å². The van der Waals surface area contributed by atoms with Gasteiger partial charge in [-0.3, -0.25) is 15.1 Å². The fourth-order valence-electron chi connectivity index (χ4n) is 1.59. The number of aromatic nitrogens is 3. The maximum Gasteiger partial charge on any atom is 0.356 e. The number of pyridine rings is 1. The Bertz CT molecular complexity index is 639. The van der Waals surface area contributed by atoms with Crippen LogP contribution in [0.3, 0.4) is 0 Å². The zero-order chi connectivity index (χ0) is 14.5. The number of carbonyl (C=O) groups is 1. The Hall–Kier alpha value is -2.97. The van der Waals surface area contributed by atoms with Crippen LogP contribution in [0.15, 0.2) is 31.0 Å². The highest BCUT2D eigenvalue weighted by Gasteiger charge is 2.12. The zero-order valence-electron chi connectivity index (χ0n) is 10.3. The number of rotatable bonds is 6. The lowest BCUT2D eigenvalue weighted by Gasteiger charge is -2.06. The number of nitro groups is 1. The Balaban J connectivity index is 1.96. The average molecular weight is 277 g/mol. The van der Waals surface area contributed by atoms with Crippen LogP contribution in [-0.4, -0.2) is 37.1 Å². The smallest absolute Gasteiger partial charge is 0.356 e. The molecule has 0 saturated carbocycles. The van der Waals surface area contributed by atoms with Crippen molar-refractivity contribution in [3.05, 3.63) is 46.8 Å². The van der Waals surface area contributed by atoms with Crippen molar-refractivity contribution in [1.29, 1.82) is 0 Å². The van der Waals surface area contributed by atoms with E-state index in [4.69, 9.17) is 5.11 Å². The second-order valence-electron chi connectivity index (χ2n) is 3.88. The number of hydrogen-bond donors (Lipinski definition) is 2. The van der Waals surface area contributed by atoms with E-state index in [9.17, 15) is 14.9 Å². The third-order valence-corrected chi connectivity index (χ3v) is 2.53. The molecule has 0 bridgehead atoms. The largest absolute Gasteiger partial charge is 0.476 e. The Morgan fingerprint density at radius 3 is 3.00 bits per heavy atom.